The Balaban J connectivity index is 1.60. The minimum atomic E-state index is 0.0702. The lowest BCUT2D eigenvalue weighted by atomic mass is 10.1. The second kappa shape index (κ2) is 5.85. The zero-order valence-corrected chi connectivity index (χ0v) is 12.6. The van der Waals surface area contributed by atoms with Crippen LogP contribution >= 0.6 is 15.9 Å². The number of halogens is 1. The summed E-state index contributed by atoms with van der Waals surface area (Å²) in [5.41, 5.74) is 7.92. The first-order chi connectivity index (χ1) is 9.74. The summed E-state index contributed by atoms with van der Waals surface area (Å²) in [5.74, 6) is 1.80. The van der Waals surface area contributed by atoms with Crippen LogP contribution in [0.25, 0.3) is 0 Å². The molecule has 2 aromatic rings. The van der Waals surface area contributed by atoms with E-state index in [1.54, 1.807) is 0 Å². The molecule has 0 amide bonds. The molecule has 0 aliphatic carbocycles. The van der Waals surface area contributed by atoms with Gasteiger partial charge < -0.3 is 15.2 Å². The molecule has 0 bridgehead atoms. The highest BCUT2D eigenvalue weighted by Gasteiger charge is 2.23. The van der Waals surface area contributed by atoms with E-state index in [2.05, 4.69) is 22.0 Å². The molecule has 0 saturated heterocycles. The molecule has 3 nitrogen and oxygen atoms in total. The number of benzene rings is 2. The summed E-state index contributed by atoms with van der Waals surface area (Å²) in [7, 11) is 0. The molecule has 0 fully saturated rings. The van der Waals surface area contributed by atoms with Crippen molar-refractivity contribution in [3.8, 4) is 11.5 Å². The number of fused-ring (bicyclic) bond motifs is 1. The number of ether oxygens (including phenoxy) is 2. The van der Waals surface area contributed by atoms with Crippen molar-refractivity contribution in [1.82, 2.24) is 0 Å². The Morgan fingerprint density at radius 1 is 1.25 bits per heavy atom. The van der Waals surface area contributed by atoms with E-state index in [-0.39, 0.29) is 6.10 Å². The van der Waals surface area contributed by atoms with Crippen molar-refractivity contribution in [3.05, 3.63) is 58.1 Å². The maximum Gasteiger partial charge on any atom is 0.137 e. The van der Waals surface area contributed by atoms with E-state index in [4.69, 9.17) is 15.2 Å². The fourth-order valence-electron chi connectivity index (χ4n) is 2.33. The van der Waals surface area contributed by atoms with E-state index < -0.39 is 0 Å². The van der Waals surface area contributed by atoms with Crippen molar-refractivity contribution < 1.29 is 9.47 Å². The van der Waals surface area contributed by atoms with E-state index >= 15 is 0 Å². The smallest absolute Gasteiger partial charge is 0.137 e. The Hall–Kier alpha value is -1.52. The van der Waals surface area contributed by atoms with Gasteiger partial charge >= 0.3 is 0 Å². The average Bonchev–Trinajstić information content (AvgIpc) is 2.87. The Morgan fingerprint density at radius 3 is 3.00 bits per heavy atom. The SMILES string of the molecule is NCc1cccc(OCC2Cc3cc(Br)ccc3O2)c1. The molecular weight excluding hydrogens is 318 g/mol. The van der Waals surface area contributed by atoms with Crippen LogP contribution < -0.4 is 15.2 Å². The first-order valence-corrected chi connectivity index (χ1v) is 7.41. The Bertz CT molecular complexity index is 615. The molecule has 20 heavy (non-hydrogen) atoms. The molecule has 1 aliphatic heterocycles. The first kappa shape index (κ1) is 13.5. The maximum atomic E-state index is 5.87. The summed E-state index contributed by atoms with van der Waals surface area (Å²) < 4.78 is 12.8. The number of rotatable bonds is 4. The van der Waals surface area contributed by atoms with Gasteiger partial charge in [0.1, 0.15) is 24.2 Å². The molecule has 0 saturated carbocycles. The Labute approximate surface area is 126 Å². The normalized spacial score (nSPS) is 16.6. The van der Waals surface area contributed by atoms with Gasteiger partial charge in [-0.25, -0.2) is 0 Å². The molecule has 1 aliphatic rings. The van der Waals surface area contributed by atoms with Crippen LogP contribution in [0.1, 0.15) is 11.1 Å². The molecule has 1 unspecified atom stereocenters. The van der Waals surface area contributed by atoms with Crippen molar-refractivity contribution in [1.29, 1.82) is 0 Å². The fraction of sp³-hybridized carbons (Fsp3) is 0.250. The van der Waals surface area contributed by atoms with Crippen LogP contribution in [0, 0.1) is 0 Å². The lowest BCUT2D eigenvalue weighted by Gasteiger charge is -2.12. The summed E-state index contributed by atoms with van der Waals surface area (Å²) in [5, 5.41) is 0. The minimum absolute atomic E-state index is 0.0702. The van der Waals surface area contributed by atoms with Gasteiger partial charge in [-0.3, -0.25) is 0 Å². The zero-order valence-electron chi connectivity index (χ0n) is 11.0. The van der Waals surface area contributed by atoms with E-state index in [0.717, 1.165) is 28.0 Å². The second-order valence-corrected chi connectivity index (χ2v) is 5.77. The highest BCUT2D eigenvalue weighted by molar-refractivity contribution is 9.10. The van der Waals surface area contributed by atoms with Gasteiger partial charge in [-0.1, -0.05) is 28.1 Å². The predicted octanol–water partition coefficient (Wildman–Crippen LogP) is 3.29. The largest absolute Gasteiger partial charge is 0.490 e. The van der Waals surface area contributed by atoms with Gasteiger partial charge in [-0.2, -0.15) is 0 Å². The van der Waals surface area contributed by atoms with Crippen molar-refractivity contribution in [2.24, 2.45) is 5.73 Å². The Kier molecular flexibility index (Phi) is 3.94. The van der Waals surface area contributed by atoms with E-state index in [9.17, 15) is 0 Å². The summed E-state index contributed by atoms with van der Waals surface area (Å²) in [6.07, 6.45) is 0.951. The summed E-state index contributed by atoms with van der Waals surface area (Å²) >= 11 is 3.48. The van der Waals surface area contributed by atoms with Crippen LogP contribution in [-0.4, -0.2) is 12.7 Å². The monoisotopic (exact) mass is 333 g/mol. The van der Waals surface area contributed by atoms with Crippen LogP contribution in [0.2, 0.25) is 0 Å². The molecule has 104 valence electrons. The number of nitrogens with two attached hydrogens (primary N) is 1. The van der Waals surface area contributed by atoms with Crippen LogP contribution in [-0.2, 0) is 13.0 Å². The average molecular weight is 334 g/mol. The van der Waals surface area contributed by atoms with Gasteiger partial charge in [0.15, 0.2) is 0 Å². The van der Waals surface area contributed by atoms with Crippen LogP contribution in [0.4, 0.5) is 0 Å². The molecule has 1 atom stereocenters. The molecule has 0 radical (unpaired) electrons. The lowest BCUT2D eigenvalue weighted by Crippen LogP contribution is -2.22. The summed E-state index contributed by atoms with van der Waals surface area (Å²) in [6.45, 7) is 1.07. The third-order valence-electron chi connectivity index (χ3n) is 3.33. The van der Waals surface area contributed by atoms with Gasteiger partial charge in [0.2, 0.25) is 0 Å². The van der Waals surface area contributed by atoms with Crippen molar-refractivity contribution in [3.63, 3.8) is 0 Å². The molecule has 0 aromatic heterocycles. The highest BCUT2D eigenvalue weighted by atomic mass is 79.9. The van der Waals surface area contributed by atoms with Gasteiger partial charge in [-0.05, 0) is 41.5 Å². The van der Waals surface area contributed by atoms with Crippen LogP contribution in [0.15, 0.2) is 46.9 Å². The molecule has 2 N–H and O–H groups in total. The molecule has 2 aromatic carbocycles. The maximum absolute atomic E-state index is 5.87. The van der Waals surface area contributed by atoms with Gasteiger partial charge in [-0.15, -0.1) is 0 Å². The molecular formula is C16H16BrNO2. The van der Waals surface area contributed by atoms with Gasteiger partial charge in [0, 0.05) is 17.4 Å². The third kappa shape index (κ3) is 2.97. The number of hydrogen-bond acceptors (Lipinski definition) is 3. The first-order valence-electron chi connectivity index (χ1n) is 6.61. The summed E-state index contributed by atoms with van der Waals surface area (Å²) in [6, 6.07) is 14.0. The van der Waals surface area contributed by atoms with Crippen molar-refractivity contribution in [2.75, 3.05) is 6.61 Å². The second-order valence-electron chi connectivity index (χ2n) is 4.86. The predicted molar refractivity (Wildman–Crippen MR) is 82.1 cm³/mol. The molecule has 3 rings (SSSR count). The zero-order chi connectivity index (χ0) is 13.9. The van der Waals surface area contributed by atoms with E-state index in [0.29, 0.717) is 13.2 Å². The standard InChI is InChI=1S/C16H16BrNO2/c17-13-4-5-16-12(7-13)8-15(20-16)10-19-14-3-1-2-11(6-14)9-18/h1-7,15H,8-10,18H2. The van der Waals surface area contributed by atoms with Gasteiger partial charge in [0.05, 0.1) is 0 Å². The third-order valence-corrected chi connectivity index (χ3v) is 3.83. The minimum Gasteiger partial charge on any atom is -0.490 e. The lowest BCUT2D eigenvalue weighted by molar-refractivity contribution is 0.148. The summed E-state index contributed by atoms with van der Waals surface area (Å²) in [4.78, 5) is 0. The number of hydrogen-bond donors (Lipinski definition) is 1. The topological polar surface area (TPSA) is 44.5 Å². The molecule has 4 heteroatoms. The van der Waals surface area contributed by atoms with Gasteiger partial charge in [0.25, 0.3) is 0 Å². The van der Waals surface area contributed by atoms with E-state index in [1.165, 1.54) is 5.56 Å². The van der Waals surface area contributed by atoms with Crippen LogP contribution in [0.3, 0.4) is 0 Å². The van der Waals surface area contributed by atoms with Crippen molar-refractivity contribution >= 4 is 15.9 Å². The molecule has 1 heterocycles. The van der Waals surface area contributed by atoms with Crippen LogP contribution in [0.5, 0.6) is 11.5 Å². The van der Waals surface area contributed by atoms with Crippen molar-refractivity contribution in [2.45, 2.75) is 19.1 Å². The highest BCUT2D eigenvalue weighted by Crippen LogP contribution is 2.31. The molecule has 0 spiro atoms. The Morgan fingerprint density at radius 2 is 2.15 bits per heavy atom. The van der Waals surface area contributed by atoms with E-state index in [1.807, 2.05) is 36.4 Å². The quantitative estimate of drug-likeness (QED) is 0.933. The fourth-order valence-corrected chi connectivity index (χ4v) is 2.74.